The van der Waals surface area contributed by atoms with Crippen LogP contribution < -0.4 is 16.2 Å². The molecule has 10 heteroatoms. The van der Waals surface area contributed by atoms with Crippen LogP contribution in [0.3, 0.4) is 0 Å². The second kappa shape index (κ2) is 9.11. The number of benzene rings is 1. The van der Waals surface area contributed by atoms with E-state index in [2.05, 4.69) is 15.6 Å². The summed E-state index contributed by atoms with van der Waals surface area (Å²) in [5, 5.41) is 6.08. The molecule has 1 aliphatic heterocycles. The van der Waals surface area contributed by atoms with Crippen molar-refractivity contribution in [2.45, 2.75) is 26.3 Å². The number of aryl methyl sites for hydroxylation is 1. The molecule has 0 radical (unpaired) electrons. The van der Waals surface area contributed by atoms with Crippen molar-refractivity contribution >= 4 is 35.0 Å². The predicted octanol–water partition coefficient (Wildman–Crippen LogP) is 3.41. The van der Waals surface area contributed by atoms with E-state index >= 15 is 0 Å². The highest BCUT2D eigenvalue weighted by Gasteiger charge is 2.38. The fraction of sp³-hybridized carbons (Fsp3) is 0.304. The van der Waals surface area contributed by atoms with Crippen LogP contribution in [0.5, 0.6) is 0 Å². The van der Waals surface area contributed by atoms with Crippen LogP contribution in [0.2, 0.25) is 5.02 Å². The summed E-state index contributed by atoms with van der Waals surface area (Å²) < 4.78 is 3.32. The van der Waals surface area contributed by atoms with E-state index in [-0.39, 0.29) is 23.4 Å². The van der Waals surface area contributed by atoms with Crippen molar-refractivity contribution in [3.63, 3.8) is 0 Å². The maximum atomic E-state index is 13.0. The van der Waals surface area contributed by atoms with Gasteiger partial charge >= 0.3 is 6.03 Å². The Morgan fingerprint density at radius 1 is 1.12 bits per heavy atom. The van der Waals surface area contributed by atoms with E-state index in [1.165, 1.54) is 11.1 Å². The highest BCUT2D eigenvalue weighted by molar-refractivity contribution is 6.30. The summed E-state index contributed by atoms with van der Waals surface area (Å²) in [6.07, 6.45) is 2.01. The minimum atomic E-state index is -0.606. The molecule has 0 saturated carbocycles. The Hall–Kier alpha value is -3.59. The average Bonchev–Trinajstić information content (AvgIpc) is 3.29. The third-order valence-electron chi connectivity index (χ3n) is 5.77. The molecule has 0 bridgehead atoms. The molecule has 1 aromatic carbocycles. The second-order valence-corrected chi connectivity index (χ2v) is 8.73. The minimum Gasteiger partial charge on any atom is -0.324 e. The van der Waals surface area contributed by atoms with Crippen molar-refractivity contribution in [2.24, 2.45) is 13.0 Å². The van der Waals surface area contributed by atoms with Crippen molar-refractivity contribution in [1.82, 2.24) is 19.2 Å². The van der Waals surface area contributed by atoms with E-state index in [0.717, 1.165) is 5.69 Å². The Bertz CT molecular complexity index is 1230. The molecule has 33 heavy (non-hydrogen) atoms. The maximum absolute atomic E-state index is 13.0. The number of nitrogens with one attached hydrogen (secondary N) is 2. The molecular formula is C23H25ClN6O3. The molecule has 2 N–H and O–H groups in total. The standard InChI is InChI=1S/C23H25ClN6O3/c1-14-10-19(29(13-14)23(33)27-20-9-4-16(24)12-25-20)22(32)26-17-5-7-18(8-6-17)30-21(31)11-15(2)28(30)3/h4-9,11-12,14,19H,10,13H2,1-3H3,(H,26,32)(H,25,27,33)/t14-,19-/m1/s1. The van der Waals surface area contributed by atoms with Crippen LogP contribution in [-0.2, 0) is 11.8 Å². The van der Waals surface area contributed by atoms with Gasteiger partial charge < -0.3 is 10.2 Å². The molecule has 1 fully saturated rings. The number of pyridine rings is 1. The summed E-state index contributed by atoms with van der Waals surface area (Å²) in [6.45, 7) is 4.33. The number of carbonyl (C=O) groups excluding carboxylic acids is 2. The van der Waals surface area contributed by atoms with Gasteiger partial charge in [0.25, 0.3) is 5.56 Å². The number of anilines is 2. The summed E-state index contributed by atoms with van der Waals surface area (Å²) in [5.74, 6) is 0.280. The van der Waals surface area contributed by atoms with E-state index in [4.69, 9.17) is 11.6 Å². The normalized spacial score (nSPS) is 17.8. The molecule has 3 amide bonds. The molecule has 0 spiro atoms. The first-order valence-corrected chi connectivity index (χ1v) is 11.0. The molecule has 2 atom stereocenters. The number of aromatic nitrogens is 3. The Morgan fingerprint density at radius 2 is 1.85 bits per heavy atom. The Kier molecular flexibility index (Phi) is 6.24. The summed E-state index contributed by atoms with van der Waals surface area (Å²) >= 11 is 5.84. The van der Waals surface area contributed by atoms with Crippen LogP contribution in [0.1, 0.15) is 19.0 Å². The fourth-order valence-corrected chi connectivity index (χ4v) is 4.11. The van der Waals surface area contributed by atoms with Crippen molar-refractivity contribution in [2.75, 3.05) is 17.2 Å². The van der Waals surface area contributed by atoms with E-state index in [0.29, 0.717) is 35.2 Å². The molecular weight excluding hydrogens is 444 g/mol. The van der Waals surface area contributed by atoms with Crippen LogP contribution in [0.4, 0.5) is 16.3 Å². The highest BCUT2D eigenvalue weighted by atomic mass is 35.5. The molecule has 0 aliphatic carbocycles. The van der Waals surface area contributed by atoms with Crippen LogP contribution in [0.15, 0.2) is 53.5 Å². The summed E-state index contributed by atoms with van der Waals surface area (Å²) in [7, 11) is 1.81. The zero-order chi connectivity index (χ0) is 23.7. The quantitative estimate of drug-likeness (QED) is 0.612. The second-order valence-electron chi connectivity index (χ2n) is 8.30. The zero-order valence-electron chi connectivity index (χ0n) is 18.6. The van der Waals surface area contributed by atoms with Crippen molar-refractivity contribution < 1.29 is 9.59 Å². The van der Waals surface area contributed by atoms with Gasteiger partial charge in [0.2, 0.25) is 5.91 Å². The molecule has 0 unspecified atom stereocenters. The predicted molar refractivity (Wildman–Crippen MR) is 127 cm³/mol. The molecule has 3 heterocycles. The van der Waals surface area contributed by atoms with Crippen molar-refractivity contribution in [3.8, 4) is 5.69 Å². The smallest absolute Gasteiger partial charge is 0.323 e. The fourth-order valence-electron chi connectivity index (χ4n) is 4.00. The number of carbonyl (C=O) groups is 2. The monoisotopic (exact) mass is 468 g/mol. The first-order chi connectivity index (χ1) is 15.7. The van der Waals surface area contributed by atoms with Gasteiger partial charge in [-0.05, 0) is 55.7 Å². The number of urea groups is 1. The lowest BCUT2D eigenvalue weighted by molar-refractivity contribution is -0.119. The molecule has 2 aromatic heterocycles. The van der Waals surface area contributed by atoms with Crippen molar-refractivity contribution in [3.05, 3.63) is 69.7 Å². The number of hydrogen-bond acceptors (Lipinski definition) is 4. The van der Waals surface area contributed by atoms with Gasteiger partial charge in [-0.1, -0.05) is 18.5 Å². The molecule has 3 aromatic rings. The number of amides is 3. The highest BCUT2D eigenvalue weighted by Crippen LogP contribution is 2.25. The third-order valence-corrected chi connectivity index (χ3v) is 5.99. The topological polar surface area (TPSA) is 101 Å². The number of halogens is 1. The van der Waals surface area contributed by atoms with E-state index in [1.54, 1.807) is 51.8 Å². The Balaban J connectivity index is 1.45. The lowest BCUT2D eigenvalue weighted by atomic mass is 10.1. The van der Waals surface area contributed by atoms with Gasteiger partial charge in [0.1, 0.15) is 11.9 Å². The molecule has 1 aliphatic rings. The van der Waals surface area contributed by atoms with Gasteiger partial charge in [0, 0.05) is 37.2 Å². The van der Waals surface area contributed by atoms with Gasteiger partial charge in [-0.15, -0.1) is 0 Å². The summed E-state index contributed by atoms with van der Waals surface area (Å²) in [4.78, 5) is 43.6. The SMILES string of the molecule is Cc1cc(=O)n(-c2ccc(NC(=O)[C@H]3C[C@@H](C)CN3C(=O)Nc3ccc(Cl)cn3)cc2)n1C. The molecule has 172 valence electrons. The first kappa shape index (κ1) is 22.6. The molecule has 9 nitrogen and oxygen atoms in total. The largest absolute Gasteiger partial charge is 0.324 e. The number of nitrogens with zero attached hydrogens (tertiary/aromatic N) is 4. The Labute approximate surface area is 196 Å². The van der Waals surface area contributed by atoms with Crippen LogP contribution >= 0.6 is 11.6 Å². The summed E-state index contributed by atoms with van der Waals surface area (Å²) in [5.41, 5.74) is 2.00. The van der Waals surface area contributed by atoms with Gasteiger partial charge in [0.05, 0.1) is 10.7 Å². The molecule has 1 saturated heterocycles. The van der Waals surface area contributed by atoms with Gasteiger partial charge in [-0.25, -0.2) is 14.5 Å². The number of hydrogen-bond donors (Lipinski definition) is 2. The van der Waals surface area contributed by atoms with Crippen LogP contribution in [-0.4, -0.2) is 43.8 Å². The van der Waals surface area contributed by atoms with Crippen LogP contribution in [0.25, 0.3) is 5.69 Å². The number of likely N-dealkylation sites (tertiary alicyclic amines) is 1. The minimum absolute atomic E-state index is 0.122. The lowest BCUT2D eigenvalue weighted by Crippen LogP contribution is -2.45. The van der Waals surface area contributed by atoms with E-state index < -0.39 is 6.04 Å². The number of rotatable bonds is 4. The van der Waals surface area contributed by atoms with E-state index in [1.807, 2.05) is 20.9 Å². The van der Waals surface area contributed by atoms with Crippen LogP contribution in [0, 0.1) is 12.8 Å². The Morgan fingerprint density at radius 3 is 2.45 bits per heavy atom. The lowest BCUT2D eigenvalue weighted by Gasteiger charge is -2.24. The summed E-state index contributed by atoms with van der Waals surface area (Å²) in [6, 6.07) is 10.8. The molecule has 4 rings (SSSR count). The van der Waals surface area contributed by atoms with Gasteiger partial charge in [-0.3, -0.25) is 19.6 Å². The van der Waals surface area contributed by atoms with Gasteiger partial charge in [0.15, 0.2) is 0 Å². The van der Waals surface area contributed by atoms with E-state index in [9.17, 15) is 14.4 Å². The zero-order valence-corrected chi connectivity index (χ0v) is 19.3. The maximum Gasteiger partial charge on any atom is 0.323 e. The average molecular weight is 469 g/mol. The third kappa shape index (κ3) is 4.78. The van der Waals surface area contributed by atoms with Gasteiger partial charge in [-0.2, -0.15) is 0 Å². The van der Waals surface area contributed by atoms with Crippen molar-refractivity contribution in [1.29, 1.82) is 0 Å². The first-order valence-electron chi connectivity index (χ1n) is 10.6.